The Labute approximate surface area is 122 Å². The number of nitro benzene ring substituents is 1. The summed E-state index contributed by atoms with van der Waals surface area (Å²) < 4.78 is 5.69. The molecule has 0 saturated heterocycles. The fourth-order valence-corrected chi connectivity index (χ4v) is 2.86. The number of benzene rings is 1. The minimum absolute atomic E-state index is 0.0599. The van der Waals surface area contributed by atoms with E-state index in [1.165, 1.54) is 0 Å². The predicted octanol–water partition coefficient (Wildman–Crippen LogP) is 4.34. The maximum atomic E-state index is 11.1. The van der Waals surface area contributed by atoms with E-state index in [-0.39, 0.29) is 21.9 Å². The average Bonchev–Trinajstić information content (AvgIpc) is 2.27. The predicted molar refractivity (Wildman–Crippen MR) is 80.1 cm³/mol. The van der Waals surface area contributed by atoms with Gasteiger partial charge in [0.1, 0.15) is 0 Å². The Balaban J connectivity index is 2.89. The van der Waals surface area contributed by atoms with E-state index in [4.69, 9.17) is 4.74 Å². The number of hydrogen-bond acceptors (Lipinski definition) is 3. The number of aryl methyl sites for hydroxylation is 1. The van der Waals surface area contributed by atoms with Crippen molar-refractivity contribution in [1.29, 1.82) is 0 Å². The van der Waals surface area contributed by atoms with Crippen LogP contribution in [-0.4, -0.2) is 16.9 Å². The molecule has 4 nitrogen and oxygen atoms in total. The second kappa shape index (κ2) is 6.37. The van der Waals surface area contributed by atoms with Crippen LogP contribution in [0.15, 0.2) is 18.2 Å². The topological polar surface area (TPSA) is 52.4 Å². The highest BCUT2D eigenvalue weighted by Gasteiger charge is 2.26. The van der Waals surface area contributed by atoms with Crippen molar-refractivity contribution in [1.82, 2.24) is 0 Å². The zero-order chi connectivity index (χ0) is 14.6. The highest BCUT2D eigenvalue weighted by molar-refractivity contribution is 9.09. The first-order valence-electron chi connectivity index (χ1n) is 6.20. The van der Waals surface area contributed by atoms with E-state index in [1.807, 2.05) is 0 Å². The van der Waals surface area contributed by atoms with Crippen LogP contribution in [0.2, 0.25) is 0 Å². The number of nitrogens with zero attached hydrogens (tertiary/aromatic N) is 1. The van der Waals surface area contributed by atoms with Crippen LogP contribution in [0.25, 0.3) is 0 Å². The van der Waals surface area contributed by atoms with Gasteiger partial charge in [0, 0.05) is 16.8 Å². The summed E-state index contributed by atoms with van der Waals surface area (Å²) in [6.07, 6.45) is 0. The molecule has 1 rings (SSSR count). The van der Waals surface area contributed by atoms with Crippen molar-refractivity contribution in [3.8, 4) is 5.75 Å². The minimum Gasteiger partial charge on any atom is -0.486 e. The van der Waals surface area contributed by atoms with E-state index in [1.54, 1.807) is 25.1 Å². The lowest BCUT2D eigenvalue weighted by atomic mass is 9.83. The summed E-state index contributed by atoms with van der Waals surface area (Å²) in [6.45, 7) is 8.57. The third-order valence-corrected chi connectivity index (χ3v) is 4.02. The third-order valence-electron chi connectivity index (χ3n) is 3.23. The largest absolute Gasteiger partial charge is 0.486 e. The Morgan fingerprint density at radius 2 is 2.05 bits per heavy atom. The smallest absolute Gasteiger partial charge is 0.313 e. The third kappa shape index (κ3) is 4.20. The normalized spacial score (nSPS) is 13.1. The van der Waals surface area contributed by atoms with Crippen LogP contribution in [0.1, 0.15) is 26.3 Å². The van der Waals surface area contributed by atoms with Gasteiger partial charge in [-0.2, -0.15) is 0 Å². The van der Waals surface area contributed by atoms with Crippen molar-refractivity contribution < 1.29 is 9.66 Å². The van der Waals surface area contributed by atoms with Gasteiger partial charge in [-0.05, 0) is 18.4 Å². The molecule has 1 unspecified atom stereocenters. The second-order valence-electron chi connectivity index (χ2n) is 5.71. The zero-order valence-electron chi connectivity index (χ0n) is 11.8. The summed E-state index contributed by atoms with van der Waals surface area (Å²) >= 11 is 3.47. The van der Waals surface area contributed by atoms with E-state index in [0.29, 0.717) is 17.9 Å². The molecule has 0 aliphatic rings. The molecule has 5 heteroatoms. The van der Waals surface area contributed by atoms with Gasteiger partial charge in [0.05, 0.1) is 11.5 Å². The monoisotopic (exact) mass is 329 g/mol. The van der Waals surface area contributed by atoms with Crippen LogP contribution in [-0.2, 0) is 0 Å². The highest BCUT2D eigenvalue weighted by atomic mass is 79.9. The molecule has 0 fully saturated rings. The Morgan fingerprint density at radius 3 is 2.53 bits per heavy atom. The molecular formula is C14H20BrNO3. The maximum absolute atomic E-state index is 11.1. The standard InChI is InChI=1S/C14H20BrNO3/c1-10-6-5-7-12(13(10)16(17)18)19-9-11(8-15)14(2,3)4/h5-7,11H,8-9H2,1-4H3. The van der Waals surface area contributed by atoms with Gasteiger partial charge in [-0.1, -0.05) is 48.8 Å². The van der Waals surface area contributed by atoms with E-state index in [9.17, 15) is 10.1 Å². The van der Waals surface area contributed by atoms with Gasteiger partial charge in [-0.25, -0.2) is 0 Å². The van der Waals surface area contributed by atoms with Crippen LogP contribution >= 0.6 is 15.9 Å². The van der Waals surface area contributed by atoms with Gasteiger partial charge >= 0.3 is 5.69 Å². The lowest BCUT2D eigenvalue weighted by Gasteiger charge is -2.28. The van der Waals surface area contributed by atoms with Gasteiger partial charge in [-0.15, -0.1) is 0 Å². The van der Waals surface area contributed by atoms with Crippen molar-refractivity contribution in [3.63, 3.8) is 0 Å². The Morgan fingerprint density at radius 1 is 1.42 bits per heavy atom. The number of ether oxygens (including phenoxy) is 1. The number of rotatable bonds is 5. The summed E-state index contributed by atoms with van der Waals surface area (Å²) in [5, 5.41) is 11.9. The van der Waals surface area contributed by atoms with Gasteiger partial charge in [-0.3, -0.25) is 10.1 Å². The SMILES string of the molecule is Cc1cccc(OCC(CBr)C(C)(C)C)c1[N+](=O)[O-]. The van der Waals surface area contributed by atoms with Crippen LogP contribution in [0.5, 0.6) is 5.75 Å². The van der Waals surface area contributed by atoms with Gasteiger partial charge in [0.15, 0.2) is 5.75 Å². The number of para-hydroxylation sites is 1. The lowest BCUT2D eigenvalue weighted by molar-refractivity contribution is -0.386. The molecule has 0 aliphatic heterocycles. The van der Waals surface area contributed by atoms with Gasteiger partial charge in [0.25, 0.3) is 0 Å². The Bertz CT molecular complexity index is 454. The van der Waals surface area contributed by atoms with E-state index >= 15 is 0 Å². The average molecular weight is 330 g/mol. The molecule has 19 heavy (non-hydrogen) atoms. The van der Waals surface area contributed by atoms with Gasteiger partial charge < -0.3 is 4.74 Å². The van der Waals surface area contributed by atoms with Crippen LogP contribution in [0.3, 0.4) is 0 Å². The Hall–Kier alpha value is -1.10. The van der Waals surface area contributed by atoms with Crippen LogP contribution < -0.4 is 4.74 Å². The molecule has 1 aromatic carbocycles. The van der Waals surface area contributed by atoms with Gasteiger partial charge in [0.2, 0.25) is 0 Å². The molecule has 1 atom stereocenters. The lowest BCUT2D eigenvalue weighted by Crippen LogP contribution is -2.28. The molecule has 0 spiro atoms. The molecule has 0 amide bonds. The molecule has 0 N–H and O–H groups in total. The number of alkyl halides is 1. The van der Waals surface area contributed by atoms with Crippen molar-refractivity contribution in [2.24, 2.45) is 11.3 Å². The summed E-state index contributed by atoms with van der Waals surface area (Å²) in [5.74, 6) is 0.632. The molecule has 0 bridgehead atoms. The molecule has 0 saturated carbocycles. The van der Waals surface area contributed by atoms with Crippen molar-refractivity contribution in [2.45, 2.75) is 27.7 Å². The fraction of sp³-hybridized carbons (Fsp3) is 0.571. The van der Waals surface area contributed by atoms with E-state index < -0.39 is 0 Å². The molecule has 106 valence electrons. The quantitative estimate of drug-likeness (QED) is 0.458. The molecule has 0 heterocycles. The zero-order valence-corrected chi connectivity index (χ0v) is 13.4. The Kier molecular flexibility index (Phi) is 5.35. The molecule has 1 aromatic rings. The van der Waals surface area contributed by atoms with E-state index in [2.05, 4.69) is 36.7 Å². The fourth-order valence-electron chi connectivity index (χ4n) is 1.70. The second-order valence-corrected chi connectivity index (χ2v) is 6.35. The van der Waals surface area contributed by atoms with Crippen molar-refractivity contribution >= 4 is 21.6 Å². The summed E-state index contributed by atoms with van der Waals surface area (Å²) in [5.41, 5.74) is 0.764. The number of halogens is 1. The first-order valence-corrected chi connectivity index (χ1v) is 7.32. The van der Waals surface area contributed by atoms with Crippen LogP contribution in [0.4, 0.5) is 5.69 Å². The molecule has 0 radical (unpaired) electrons. The molecule has 0 aromatic heterocycles. The number of hydrogen-bond donors (Lipinski definition) is 0. The first-order chi connectivity index (χ1) is 8.77. The van der Waals surface area contributed by atoms with Crippen molar-refractivity contribution in [3.05, 3.63) is 33.9 Å². The maximum Gasteiger partial charge on any atom is 0.313 e. The summed E-state index contributed by atoms with van der Waals surface area (Å²) in [4.78, 5) is 10.7. The summed E-state index contributed by atoms with van der Waals surface area (Å²) in [7, 11) is 0. The molecule has 0 aliphatic carbocycles. The van der Waals surface area contributed by atoms with Crippen molar-refractivity contribution in [2.75, 3.05) is 11.9 Å². The minimum atomic E-state index is -0.384. The molecular weight excluding hydrogens is 310 g/mol. The highest BCUT2D eigenvalue weighted by Crippen LogP contribution is 2.33. The number of nitro groups is 1. The van der Waals surface area contributed by atoms with E-state index in [0.717, 1.165) is 5.33 Å². The first kappa shape index (κ1) is 16.0. The van der Waals surface area contributed by atoms with Crippen LogP contribution in [0, 0.1) is 28.4 Å². The summed E-state index contributed by atoms with van der Waals surface area (Å²) in [6, 6.07) is 5.15.